The lowest BCUT2D eigenvalue weighted by molar-refractivity contribution is -0.135. The quantitative estimate of drug-likeness (QED) is 0.868. The van der Waals surface area contributed by atoms with E-state index in [2.05, 4.69) is 0 Å². The molecule has 0 bridgehead atoms. The van der Waals surface area contributed by atoms with Crippen LogP contribution in [0.15, 0.2) is 47.4 Å². The first-order chi connectivity index (χ1) is 10.7. The molecule has 0 saturated carbocycles. The number of carbonyl (C=O) groups is 1. The summed E-state index contributed by atoms with van der Waals surface area (Å²) in [7, 11) is -4.06. The van der Waals surface area contributed by atoms with Gasteiger partial charge >= 0.3 is 5.97 Å². The summed E-state index contributed by atoms with van der Waals surface area (Å²) < 4.78 is 26.3. The van der Waals surface area contributed by atoms with Gasteiger partial charge in [0.05, 0.1) is 10.6 Å². The first-order valence-corrected chi connectivity index (χ1v) is 8.67. The largest absolute Gasteiger partial charge is 0.480 e. The maximum Gasteiger partial charge on any atom is 0.324 e. The number of sulfonamides is 1. The molecule has 5 nitrogen and oxygen atoms in total. The summed E-state index contributed by atoms with van der Waals surface area (Å²) in [6.07, 6.45) is 0. The van der Waals surface area contributed by atoms with Crippen molar-refractivity contribution in [3.8, 4) is 0 Å². The molecule has 23 heavy (non-hydrogen) atoms. The van der Waals surface area contributed by atoms with Gasteiger partial charge in [0.2, 0.25) is 0 Å². The number of anilines is 1. The Hall–Kier alpha value is -1.76. The minimum atomic E-state index is -4.06. The van der Waals surface area contributed by atoms with E-state index in [-0.39, 0.29) is 20.6 Å². The van der Waals surface area contributed by atoms with Gasteiger partial charge in [0.1, 0.15) is 6.54 Å². The van der Waals surface area contributed by atoms with Crippen LogP contribution in [0, 0.1) is 6.92 Å². The lowest BCUT2D eigenvalue weighted by atomic mass is 10.2. The zero-order valence-electron chi connectivity index (χ0n) is 12.0. The van der Waals surface area contributed by atoms with Gasteiger partial charge in [-0.05, 0) is 37.3 Å². The van der Waals surface area contributed by atoms with Gasteiger partial charge in [0.15, 0.2) is 0 Å². The molecule has 0 aliphatic rings. The van der Waals surface area contributed by atoms with E-state index in [4.69, 9.17) is 28.3 Å². The molecule has 0 fully saturated rings. The number of nitrogens with zero attached hydrogens (tertiary/aromatic N) is 1. The Morgan fingerprint density at radius 1 is 1.09 bits per heavy atom. The number of halogens is 2. The predicted molar refractivity (Wildman–Crippen MR) is 89.8 cm³/mol. The van der Waals surface area contributed by atoms with Gasteiger partial charge in [-0.3, -0.25) is 9.10 Å². The van der Waals surface area contributed by atoms with Crippen LogP contribution in [0.1, 0.15) is 5.56 Å². The van der Waals surface area contributed by atoms with Crippen molar-refractivity contribution in [2.45, 2.75) is 11.8 Å². The molecule has 0 amide bonds. The van der Waals surface area contributed by atoms with Gasteiger partial charge in [-0.2, -0.15) is 0 Å². The SMILES string of the molecule is Cc1ccc(S(=O)(=O)N(CC(=O)O)c2cc(Cl)cc(Cl)c2)cc1. The van der Waals surface area contributed by atoms with E-state index in [0.29, 0.717) is 0 Å². The molecule has 2 rings (SSSR count). The molecule has 8 heteroatoms. The monoisotopic (exact) mass is 373 g/mol. The Kier molecular flexibility index (Phi) is 5.19. The lowest BCUT2D eigenvalue weighted by Crippen LogP contribution is -2.35. The van der Waals surface area contributed by atoms with Crippen LogP contribution in [-0.4, -0.2) is 26.0 Å². The molecule has 0 spiro atoms. The number of hydrogen-bond acceptors (Lipinski definition) is 3. The van der Waals surface area contributed by atoms with Crippen molar-refractivity contribution in [2.24, 2.45) is 0 Å². The molecular formula is C15H13Cl2NO4S. The first-order valence-electron chi connectivity index (χ1n) is 6.47. The number of hydrogen-bond donors (Lipinski definition) is 1. The van der Waals surface area contributed by atoms with E-state index in [1.54, 1.807) is 12.1 Å². The van der Waals surface area contributed by atoms with Crippen molar-refractivity contribution >= 4 is 44.9 Å². The summed E-state index contributed by atoms with van der Waals surface area (Å²) in [5.41, 5.74) is 0.977. The Morgan fingerprint density at radius 3 is 2.09 bits per heavy atom. The molecule has 0 aromatic heterocycles. The van der Waals surface area contributed by atoms with Crippen molar-refractivity contribution in [1.29, 1.82) is 0 Å². The fourth-order valence-corrected chi connectivity index (χ4v) is 3.87. The lowest BCUT2D eigenvalue weighted by Gasteiger charge is -2.23. The van der Waals surface area contributed by atoms with E-state index in [9.17, 15) is 13.2 Å². The van der Waals surface area contributed by atoms with Gasteiger partial charge in [-0.25, -0.2) is 8.42 Å². The molecule has 2 aromatic carbocycles. The molecular weight excluding hydrogens is 361 g/mol. The highest BCUT2D eigenvalue weighted by molar-refractivity contribution is 7.92. The average molecular weight is 374 g/mol. The van der Waals surface area contributed by atoms with Crippen LogP contribution in [0.2, 0.25) is 10.0 Å². The van der Waals surface area contributed by atoms with Gasteiger partial charge < -0.3 is 5.11 Å². The van der Waals surface area contributed by atoms with Crippen LogP contribution in [0.25, 0.3) is 0 Å². The molecule has 0 heterocycles. The van der Waals surface area contributed by atoms with Gasteiger partial charge in [-0.15, -0.1) is 0 Å². The summed E-state index contributed by atoms with van der Waals surface area (Å²) in [5.74, 6) is -1.29. The van der Waals surface area contributed by atoms with Gasteiger partial charge in [0, 0.05) is 10.0 Å². The first kappa shape index (κ1) is 17.6. The molecule has 0 saturated heterocycles. The molecule has 1 N–H and O–H groups in total. The van der Waals surface area contributed by atoms with E-state index in [1.807, 2.05) is 6.92 Å². The fourth-order valence-electron chi connectivity index (χ4n) is 1.96. The number of aryl methyl sites for hydroxylation is 1. The van der Waals surface area contributed by atoms with Crippen molar-refractivity contribution in [2.75, 3.05) is 10.8 Å². The second-order valence-corrected chi connectivity index (χ2v) is 7.58. The van der Waals surface area contributed by atoms with E-state index < -0.39 is 22.5 Å². The summed E-state index contributed by atoms with van der Waals surface area (Å²) in [6.45, 7) is 1.08. The Bertz CT molecular complexity index is 815. The van der Waals surface area contributed by atoms with Gasteiger partial charge in [0.25, 0.3) is 10.0 Å². The minimum Gasteiger partial charge on any atom is -0.480 e. The molecule has 0 atom stereocenters. The highest BCUT2D eigenvalue weighted by Gasteiger charge is 2.27. The number of benzene rings is 2. The number of aliphatic carboxylic acids is 1. The third-order valence-corrected chi connectivity index (χ3v) is 5.25. The summed E-state index contributed by atoms with van der Waals surface area (Å²) in [5, 5.41) is 9.49. The van der Waals surface area contributed by atoms with Gasteiger partial charge in [-0.1, -0.05) is 40.9 Å². The third-order valence-electron chi connectivity index (χ3n) is 3.02. The summed E-state index contributed by atoms with van der Waals surface area (Å²) >= 11 is 11.8. The second kappa shape index (κ2) is 6.78. The van der Waals surface area contributed by atoms with Crippen LogP contribution in [-0.2, 0) is 14.8 Å². The zero-order valence-corrected chi connectivity index (χ0v) is 14.4. The number of carboxylic acids is 1. The maximum atomic E-state index is 12.8. The minimum absolute atomic E-state index is 0.0135. The number of rotatable bonds is 5. The molecule has 0 unspecified atom stereocenters. The van der Waals surface area contributed by atoms with Crippen LogP contribution in [0.3, 0.4) is 0 Å². The second-order valence-electron chi connectivity index (χ2n) is 4.85. The van der Waals surface area contributed by atoms with Crippen molar-refractivity contribution < 1.29 is 18.3 Å². The van der Waals surface area contributed by atoms with Crippen molar-refractivity contribution in [1.82, 2.24) is 0 Å². The van der Waals surface area contributed by atoms with E-state index in [0.717, 1.165) is 9.87 Å². The highest BCUT2D eigenvalue weighted by atomic mass is 35.5. The Labute approximate surface area is 144 Å². The van der Waals surface area contributed by atoms with Crippen LogP contribution in [0.5, 0.6) is 0 Å². The van der Waals surface area contributed by atoms with E-state index in [1.165, 1.54) is 30.3 Å². The third kappa shape index (κ3) is 4.16. The Morgan fingerprint density at radius 2 is 1.61 bits per heavy atom. The van der Waals surface area contributed by atoms with Crippen LogP contribution < -0.4 is 4.31 Å². The zero-order chi connectivity index (χ0) is 17.2. The summed E-state index contributed by atoms with van der Waals surface area (Å²) in [4.78, 5) is 11.1. The average Bonchev–Trinajstić information content (AvgIpc) is 2.43. The standard InChI is InChI=1S/C15H13Cl2NO4S/c1-10-2-4-14(5-3-10)23(21,22)18(9-15(19)20)13-7-11(16)6-12(17)8-13/h2-8H,9H2,1H3,(H,19,20). The Balaban J connectivity index is 2.57. The molecule has 0 aliphatic heterocycles. The molecule has 122 valence electrons. The van der Waals surface area contributed by atoms with Crippen molar-refractivity contribution in [3.63, 3.8) is 0 Å². The van der Waals surface area contributed by atoms with Crippen molar-refractivity contribution in [3.05, 3.63) is 58.1 Å². The molecule has 0 radical (unpaired) electrons. The smallest absolute Gasteiger partial charge is 0.324 e. The van der Waals surface area contributed by atoms with Crippen LogP contribution >= 0.6 is 23.2 Å². The fraction of sp³-hybridized carbons (Fsp3) is 0.133. The molecule has 2 aromatic rings. The van der Waals surface area contributed by atoms with E-state index >= 15 is 0 Å². The van der Waals surface area contributed by atoms with Crippen LogP contribution in [0.4, 0.5) is 5.69 Å². The topological polar surface area (TPSA) is 74.7 Å². The normalized spacial score (nSPS) is 11.3. The summed E-state index contributed by atoms with van der Waals surface area (Å²) in [6, 6.07) is 10.2. The molecule has 0 aliphatic carbocycles. The maximum absolute atomic E-state index is 12.8. The highest BCUT2D eigenvalue weighted by Crippen LogP contribution is 2.29. The predicted octanol–water partition coefficient (Wildman–Crippen LogP) is 3.58. The number of carboxylic acid groups (broad SMARTS) is 1.